The molecule has 0 saturated carbocycles. The molecule has 0 N–H and O–H groups in total. The Labute approximate surface area is 341 Å². The maximum atomic E-state index is 12.6. The molecule has 2 unspecified atom stereocenters. The van der Waals surface area contributed by atoms with Crippen LogP contribution < -0.4 is 4.89 Å². The molecule has 56 heavy (non-hydrogen) atoms. The van der Waals surface area contributed by atoms with E-state index < -0.39 is 32.5 Å². The molecule has 2 atom stereocenters. The van der Waals surface area contributed by atoms with Gasteiger partial charge in [0.05, 0.1) is 34.2 Å². The third-order valence-corrected chi connectivity index (χ3v) is 9.40. The predicted octanol–water partition coefficient (Wildman–Crippen LogP) is 11.4. The van der Waals surface area contributed by atoms with Gasteiger partial charge in [-0.15, -0.1) is 0 Å². The lowest BCUT2D eigenvalue weighted by molar-refractivity contribution is -0.870. The molecule has 0 aromatic heterocycles. The maximum Gasteiger partial charge on any atom is 0.310 e. The largest absolute Gasteiger partial charge is 0.756 e. The number of rotatable bonds is 37. The van der Waals surface area contributed by atoms with Gasteiger partial charge in [0, 0.05) is 6.42 Å². The summed E-state index contributed by atoms with van der Waals surface area (Å²) in [7, 11) is 1.09. The molecule has 0 aliphatic carbocycles. The molecule has 0 spiro atoms. The third-order valence-electron chi connectivity index (χ3n) is 8.43. The van der Waals surface area contributed by atoms with Crippen molar-refractivity contribution in [1.29, 1.82) is 0 Å². The molecule has 0 amide bonds. The number of likely N-dealkylation sites (N-methyl/N-ethyl adjacent to an activating group) is 1. The number of allylic oxidation sites excluding steroid dienone is 13. The minimum absolute atomic E-state index is 0.0133. The first-order valence-electron chi connectivity index (χ1n) is 21.3. The molecule has 0 radical (unpaired) electrons. The van der Waals surface area contributed by atoms with Crippen LogP contribution in [0.25, 0.3) is 0 Å². The minimum atomic E-state index is -4.65. The van der Waals surface area contributed by atoms with Crippen molar-refractivity contribution in [3.05, 3.63) is 85.1 Å². The topological polar surface area (TPSA) is 111 Å². The minimum Gasteiger partial charge on any atom is -0.756 e. The van der Waals surface area contributed by atoms with Gasteiger partial charge in [-0.3, -0.25) is 14.2 Å². The number of carbonyl (C=O) groups excluding carboxylic acids is 2. The van der Waals surface area contributed by atoms with Crippen LogP contribution in [-0.2, 0) is 32.7 Å². The Morgan fingerprint density at radius 3 is 1.61 bits per heavy atom. The first-order valence-corrected chi connectivity index (χ1v) is 22.8. The number of carbonyl (C=O) groups is 2. The van der Waals surface area contributed by atoms with E-state index >= 15 is 0 Å². The number of quaternary nitrogens is 1. The van der Waals surface area contributed by atoms with Gasteiger partial charge in [0.15, 0.2) is 6.10 Å². The van der Waals surface area contributed by atoms with E-state index in [4.69, 9.17) is 18.5 Å². The Morgan fingerprint density at radius 1 is 0.589 bits per heavy atom. The quantitative estimate of drug-likeness (QED) is 0.0201. The molecule has 0 aliphatic rings. The predicted molar refractivity (Wildman–Crippen MR) is 231 cm³/mol. The molecule has 0 aromatic rings. The Hall–Kier alpha value is -2.81. The van der Waals surface area contributed by atoms with Gasteiger partial charge in [-0.2, -0.15) is 0 Å². The van der Waals surface area contributed by atoms with Crippen LogP contribution >= 0.6 is 7.82 Å². The molecule has 0 aromatic carbocycles. The van der Waals surface area contributed by atoms with Crippen molar-refractivity contribution < 1.29 is 42.1 Å². The van der Waals surface area contributed by atoms with E-state index in [1.54, 1.807) is 6.08 Å². The molecule has 0 saturated heterocycles. The number of hydrogen-bond donors (Lipinski definition) is 0. The standard InChI is InChI=1S/C46H78NO8P/c1-6-8-10-12-14-16-18-20-22-23-25-26-28-30-32-34-36-38-45(48)52-42-44(43-54-56(50,51)53-41-40-47(3,4)5)55-46(49)39-37-35-33-31-29-27-24-21-19-17-15-13-11-9-7-2/h9,11,14-17,20-22,24,29,31,35,37,44H,6-8,10,12-13,18-19,23,25-28,30,32-34,36,38-43H2,1-5H3/b11-9-,16-14-,17-15-,22-20-,24-21-,31-29-,37-35-. The summed E-state index contributed by atoms with van der Waals surface area (Å²) in [5.41, 5.74) is 0. The van der Waals surface area contributed by atoms with E-state index in [1.165, 1.54) is 44.9 Å². The van der Waals surface area contributed by atoms with E-state index in [0.29, 0.717) is 23.9 Å². The van der Waals surface area contributed by atoms with Gasteiger partial charge in [0.25, 0.3) is 7.82 Å². The summed E-state index contributed by atoms with van der Waals surface area (Å²) in [5.74, 6) is -1.000. The van der Waals surface area contributed by atoms with Gasteiger partial charge in [0.1, 0.15) is 19.8 Å². The molecule has 0 aliphatic heterocycles. The summed E-state index contributed by atoms with van der Waals surface area (Å²) in [4.78, 5) is 37.4. The summed E-state index contributed by atoms with van der Waals surface area (Å²) < 4.78 is 33.7. The van der Waals surface area contributed by atoms with Crippen molar-refractivity contribution in [2.24, 2.45) is 0 Å². The van der Waals surface area contributed by atoms with Gasteiger partial charge < -0.3 is 27.9 Å². The number of hydrogen-bond acceptors (Lipinski definition) is 8. The number of ether oxygens (including phenoxy) is 2. The fourth-order valence-electron chi connectivity index (χ4n) is 5.11. The van der Waals surface area contributed by atoms with Gasteiger partial charge >= 0.3 is 11.9 Å². The molecule has 0 fully saturated rings. The normalized spacial score (nSPS) is 14.5. The SMILES string of the molecule is CC/C=C\C/C=C\C/C=C\C/C=C\C/C=C\CC(=O)OC(COC(=O)CCCCCCCCC/C=C\C/C=C\CCCCC)COP(=O)([O-])OCC[N+](C)(C)C. The number of unbranched alkanes of at least 4 members (excludes halogenated alkanes) is 10. The zero-order valence-electron chi connectivity index (χ0n) is 35.8. The Balaban J connectivity index is 4.53. The van der Waals surface area contributed by atoms with Crippen LogP contribution in [0.15, 0.2) is 85.1 Å². The van der Waals surface area contributed by atoms with Gasteiger partial charge in [0.2, 0.25) is 0 Å². The number of nitrogens with zero attached hydrogens (tertiary/aromatic N) is 1. The Morgan fingerprint density at radius 2 is 1.07 bits per heavy atom. The lowest BCUT2D eigenvalue weighted by atomic mass is 10.1. The first-order chi connectivity index (χ1) is 27.0. The van der Waals surface area contributed by atoms with Crippen LogP contribution in [0.2, 0.25) is 0 Å². The summed E-state index contributed by atoms with van der Waals surface area (Å²) in [5, 5.41) is 0. The summed E-state index contributed by atoms with van der Waals surface area (Å²) in [6.07, 6.45) is 47.8. The van der Waals surface area contributed by atoms with Crippen LogP contribution in [0, 0.1) is 0 Å². The fraction of sp³-hybridized carbons (Fsp3) is 0.652. The summed E-state index contributed by atoms with van der Waals surface area (Å²) in [6, 6.07) is 0. The Kier molecular flexibility index (Phi) is 35.9. The smallest absolute Gasteiger partial charge is 0.310 e. The van der Waals surface area contributed by atoms with Crippen LogP contribution in [0.5, 0.6) is 0 Å². The molecule has 0 heterocycles. The van der Waals surface area contributed by atoms with Crippen molar-refractivity contribution in [2.45, 2.75) is 148 Å². The zero-order chi connectivity index (χ0) is 41.4. The molecule has 10 heteroatoms. The van der Waals surface area contributed by atoms with E-state index in [0.717, 1.165) is 57.8 Å². The number of esters is 2. The fourth-order valence-corrected chi connectivity index (χ4v) is 5.84. The molecule has 0 bridgehead atoms. The monoisotopic (exact) mass is 804 g/mol. The first kappa shape index (κ1) is 53.2. The second kappa shape index (κ2) is 37.7. The highest BCUT2D eigenvalue weighted by molar-refractivity contribution is 7.45. The average molecular weight is 804 g/mol. The van der Waals surface area contributed by atoms with E-state index in [9.17, 15) is 19.0 Å². The van der Waals surface area contributed by atoms with Crippen molar-refractivity contribution in [3.8, 4) is 0 Å². The number of phosphoric acid groups is 1. The summed E-state index contributed by atoms with van der Waals surface area (Å²) in [6.45, 7) is 3.94. The highest BCUT2D eigenvalue weighted by atomic mass is 31.2. The van der Waals surface area contributed by atoms with Gasteiger partial charge in [-0.1, -0.05) is 144 Å². The highest BCUT2D eigenvalue weighted by Crippen LogP contribution is 2.38. The van der Waals surface area contributed by atoms with Crippen LogP contribution in [0.3, 0.4) is 0 Å². The zero-order valence-corrected chi connectivity index (χ0v) is 36.7. The molecule has 0 rings (SSSR count). The molecule has 320 valence electrons. The number of phosphoric ester groups is 1. The third kappa shape index (κ3) is 40.8. The van der Waals surface area contributed by atoms with E-state index in [-0.39, 0.29) is 26.1 Å². The summed E-state index contributed by atoms with van der Waals surface area (Å²) >= 11 is 0. The van der Waals surface area contributed by atoms with E-state index in [1.807, 2.05) is 33.3 Å². The van der Waals surface area contributed by atoms with Crippen molar-refractivity contribution in [1.82, 2.24) is 0 Å². The highest BCUT2D eigenvalue weighted by Gasteiger charge is 2.21. The van der Waals surface area contributed by atoms with Crippen molar-refractivity contribution >= 4 is 19.8 Å². The van der Waals surface area contributed by atoms with Gasteiger partial charge in [-0.25, -0.2) is 0 Å². The van der Waals surface area contributed by atoms with Crippen molar-refractivity contribution in [2.75, 3.05) is 47.5 Å². The van der Waals surface area contributed by atoms with E-state index in [2.05, 4.69) is 80.7 Å². The molecular formula is C46H78NO8P. The molecule has 9 nitrogen and oxygen atoms in total. The second-order valence-corrected chi connectivity index (χ2v) is 16.4. The van der Waals surface area contributed by atoms with Crippen LogP contribution in [-0.4, -0.2) is 70.0 Å². The van der Waals surface area contributed by atoms with Crippen molar-refractivity contribution in [3.63, 3.8) is 0 Å². The lowest BCUT2D eigenvalue weighted by Gasteiger charge is -2.28. The Bertz CT molecular complexity index is 1230. The average Bonchev–Trinajstić information content (AvgIpc) is 3.15. The van der Waals surface area contributed by atoms with Gasteiger partial charge in [-0.05, 0) is 70.6 Å². The van der Waals surface area contributed by atoms with Crippen LogP contribution in [0.1, 0.15) is 142 Å². The molecular weight excluding hydrogens is 725 g/mol. The second-order valence-electron chi connectivity index (χ2n) is 15.0. The van der Waals surface area contributed by atoms with Crippen LogP contribution in [0.4, 0.5) is 0 Å². The maximum absolute atomic E-state index is 12.6. The lowest BCUT2D eigenvalue weighted by Crippen LogP contribution is -2.37.